The number of hydrogen-bond acceptors (Lipinski definition) is 5. The highest BCUT2D eigenvalue weighted by atomic mass is 16.5. The first-order chi connectivity index (χ1) is 12.1. The van der Waals surface area contributed by atoms with Crippen LogP contribution in [0.25, 0.3) is 0 Å². The lowest BCUT2D eigenvalue weighted by Gasteiger charge is -2.23. The zero-order chi connectivity index (χ0) is 17.8. The van der Waals surface area contributed by atoms with Gasteiger partial charge in [-0.05, 0) is 31.5 Å². The summed E-state index contributed by atoms with van der Waals surface area (Å²) in [5.41, 5.74) is 2.29. The number of carbonyl (C=O) groups excluding carboxylic acids is 2. The molecule has 0 N–H and O–H groups in total. The number of benzene rings is 2. The molecule has 3 rings (SSSR count). The summed E-state index contributed by atoms with van der Waals surface area (Å²) < 4.78 is 5.22. The van der Waals surface area contributed by atoms with Crippen LogP contribution in [0.4, 0.5) is 5.69 Å². The number of ketones is 1. The molecule has 0 spiro atoms. The van der Waals surface area contributed by atoms with Gasteiger partial charge in [0, 0.05) is 6.42 Å². The Kier molecular flexibility index (Phi) is 4.93. The van der Waals surface area contributed by atoms with E-state index < -0.39 is 12.1 Å². The summed E-state index contributed by atoms with van der Waals surface area (Å²) >= 11 is 0. The SMILES string of the molecule is CC(=O)[C@@H](C)OC(=O)C1=NN(c2ccccc2)[C@H](c2ccccc2)C1. The zero-order valence-electron chi connectivity index (χ0n) is 14.3. The number of para-hydroxylation sites is 1. The number of nitrogens with zero attached hydrogens (tertiary/aromatic N) is 2. The molecule has 5 heteroatoms. The van der Waals surface area contributed by atoms with Crippen LogP contribution in [-0.4, -0.2) is 23.6 Å². The molecule has 1 aliphatic rings. The molecule has 2 aromatic rings. The maximum atomic E-state index is 12.4. The third-order valence-corrected chi connectivity index (χ3v) is 4.21. The van der Waals surface area contributed by atoms with Gasteiger partial charge in [-0.25, -0.2) is 4.79 Å². The molecule has 0 unspecified atom stereocenters. The van der Waals surface area contributed by atoms with Crippen molar-refractivity contribution in [2.75, 3.05) is 5.01 Å². The summed E-state index contributed by atoms with van der Waals surface area (Å²) in [4.78, 5) is 23.7. The highest BCUT2D eigenvalue weighted by molar-refractivity contribution is 6.37. The summed E-state index contributed by atoms with van der Waals surface area (Å²) in [5, 5.41) is 6.33. The van der Waals surface area contributed by atoms with Crippen LogP contribution in [0, 0.1) is 0 Å². The molecule has 0 fully saturated rings. The Labute approximate surface area is 146 Å². The monoisotopic (exact) mass is 336 g/mol. The Hall–Kier alpha value is -2.95. The summed E-state index contributed by atoms with van der Waals surface area (Å²) in [5.74, 6) is -0.728. The van der Waals surface area contributed by atoms with Crippen molar-refractivity contribution in [1.82, 2.24) is 0 Å². The second kappa shape index (κ2) is 7.30. The highest BCUT2D eigenvalue weighted by Gasteiger charge is 2.33. The Morgan fingerprint density at radius 2 is 1.68 bits per heavy atom. The number of hydrogen-bond donors (Lipinski definition) is 0. The summed E-state index contributed by atoms with van der Waals surface area (Å²) in [6, 6.07) is 19.5. The molecule has 0 bridgehead atoms. The lowest BCUT2D eigenvalue weighted by molar-refractivity contribution is -0.146. The average molecular weight is 336 g/mol. The topological polar surface area (TPSA) is 59.0 Å². The molecule has 1 aliphatic heterocycles. The van der Waals surface area contributed by atoms with Crippen LogP contribution in [0.5, 0.6) is 0 Å². The molecule has 0 saturated heterocycles. The predicted molar refractivity (Wildman–Crippen MR) is 96.4 cm³/mol. The van der Waals surface area contributed by atoms with Gasteiger partial charge in [0.05, 0.1) is 11.7 Å². The van der Waals surface area contributed by atoms with Gasteiger partial charge in [0.15, 0.2) is 11.9 Å². The number of carbonyl (C=O) groups is 2. The van der Waals surface area contributed by atoms with Crippen LogP contribution >= 0.6 is 0 Å². The van der Waals surface area contributed by atoms with Crippen molar-refractivity contribution in [3.05, 3.63) is 66.2 Å². The van der Waals surface area contributed by atoms with Crippen molar-refractivity contribution >= 4 is 23.2 Å². The van der Waals surface area contributed by atoms with E-state index in [1.54, 1.807) is 6.92 Å². The molecule has 2 atom stereocenters. The van der Waals surface area contributed by atoms with Crippen LogP contribution in [-0.2, 0) is 14.3 Å². The number of rotatable bonds is 5. The first kappa shape index (κ1) is 16.9. The molecule has 1 heterocycles. The molecule has 0 saturated carbocycles. The van der Waals surface area contributed by atoms with E-state index in [-0.39, 0.29) is 11.8 Å². The van der Waals surface area contributed by atoms with E-state index >= 15 is 0 Å². The van der Waals surface area contributed by atoms with Crippen LogP contribution in [0.3, 0.4) is 0 Å². The van der Waals surface area contributed by atoms with Gasteiger partial charge >= 0.3 is 5.97 Å². The molecule has 5 nitrogen and oxygen atoms in total. The smallest absolute Gasteiger partial charge is 0.355 e. The van der Waals surface area contributed by atoms with Gasteiger partial charge in [0.25, 0.3) is 0 Å². The molecule has 0 aromatic heterocycles. The van der Waals surface area contributed by atoms with Gasteiger partial charge in [-0.1, -0.05) is 48.5 Å². The molecule has 0 aliphatic carbocycles. The average Bonchev–Trinajstić information content (AvgIpc) is 3.08. The molecule has 0 amide bonds. The van der Waals surface area contributed by atoms with Crippen LogP contribution in [0.2, 0.25) is 0 Å². The normalized spacial score (nSPS) is 17.8. The van der Waals surface area contributed by atoms with Crippen LogP contribution in [0.1, 0.15) is 31.9 Å². The van der Waals surface area contributed by atoms with Crippen molar-refractivity contribution in [3.63, 3.8) is 0 Å². The van der Waals surface area contributed by atoms with Gasteiger partial charge in [-0.2, -0.15) is 5.10 Å². The van der Waals surface area contributed by atoms with E-state index in [1.165, 1.54) is 6.92 Å². The van der Waals surface area contributed by atoms with Crippen molar-refractivity contribution in [2.24, 2.45) is 5.10 Å². The van der Waals surface area contributed by atoms with Crippen molar-refractivity contribution in [2.45, 2.75) is 32.4 Å². The Bertz CT molecular complexity index is 787. The fourth-order valence-corrected chi connectivity index (χ4v) is 2.70. The molecule has 128 valence electrons. The van der Waals surface area contributed by atoms with Crippen molar-refractivity contribution < 1.29 is 14.3 Å². The number of Topliss-reactive ketones (excluding diaryl/α,β-unsaturated/α-hetero) is 1. The molecule has 0 radical (unpaired) electrons. The summed E-state index contributed by atoms with van der Waals surface area (Å²) in [6.07, 6.45) is -0.335. The molecule has 25 heavy (non-hydrogen) atoms. The number of ether oxygens (including phenoxy) is 1. The van der Waals surface area contributed by atoms with Crippen molar-refractivity contribution in [3.8, 4) is 0 Å². The van der Waals surface area contributed by atoms with E-state index in [0.29, 0.717) is 12.1 Å². The van der Waals surface area contributed by atoms with Gasteiger partial charge in [0.2, 0.25) is 0 Å². The van der Waals surface area contributed by atoms with E-state index in [1.807, 2.05) is 65.7 Å². The minimum Gasteiger partial charge on any atom is -0.450 e. The Morgan fingerprint density at radius 3 is 2.28 bits per heavy atom. The zero-order valence-corrected chi connectivity index (χ0v) is 14.3. The van der Waals surface area contributed by atoms with E-state index in [4.69, 9.17) is 4.74 Å². The number of anilines is 1. The standard InChI is InChI=1S/C20H20N2O3/c1-14(23)15(2)25-20(24)18-13-19(16-9-5-3-6-10-16)22(21-18)17-11-7-4-8-12-17/h3-12,15,19H,13H2,1-2H3/t15-,19+/m1/s1. The molecular weight excluding hydrogens is 316 g/mol. The Morgan fingerprint density at radius 1 is 1.08 bits per heavy atom. The third-order valence-electron chi connectivity index (χ3n) is 4.21. The highest BCUT2D eigenvalue weighted by Crippen LogP contribution is 2.35. The van der Waals surface area contributed by atoms with E-state index in [2.05, 4.69) is 5.10 Å². The van der Waals surface area contributed by atoms with Crippen LogP contribution in [0.15, 0.2) is 65.8 Å². The quantitative estimate of drug-likeness (QED) is 0.784. The summed E-state index contributed by atoms with van der Waals surface area (Å²) in [6.45, 7) is 2.97. The Balaban J connectivity index is 1.89. The fourth-order valence-electron chi connectivity index (χ4n) is 2.70. The first-order valence-electron chi connectivity index (χ1n) is 8.24. The second-order valence-electron chi connectivity index (χ2n) is 6.02. The maximum absolute atomic E-state index is 12.4. The fraction of sp³-hybridized carbons (Fsp3) is 0.250. The largest absolute Gasteiger partial charge is 0.450 e. The third kappa shape index (κ3) is 3.76. The summed E-state index contributed by atoms with van der Waals surface area (Å²) in [7, 11) is 0. The maximum Gasteiger partial charge on any atom is 0.355 e. The minimum absolute atomic E-state index is 0.0845. The van der Waals surface area contributed by atoms with Crippen LogP contribution < -0.4 is 5.01 Å². The lowest BCUT2D eigenvalue weighted by Crippen LogP contribution is -2.26. The molecule has 2 aromatic carbocycles. The van der Waals surface area contributed by atoms with E-state index in [0.717, 1.165) is 11.3 Å². The lowest BCUT2D eigenvalue weighted by atomic mass is 10.0. The van der Waals surface area contributed by atoms with Gasteiger partial charge in [0.1, 0.15) is 5.71 Å². The van der Waals surface area contributed by atoms with Gasteiger partial charge in [-0.3, -0.25) is 9.80 Å². The van der Waals surface area contributed by atoms with Gasteiger partial charge in [-0.15, -0.1) is 0 Å². The minimum atomic E-state index is -0.767. The second-order valence-corrected chi connectivity index (χ2v) is 6.02. The first-order valence-corrected chi connectivity index (χ1v) is 8.24. The van der Waals surface area contributed by atoms with Crippen molar-refractivity contribution in [1.29, 1.82) is 0 Å². The van der Waals surface area contributed by atoms with Gasteiger partial charge < -0.3 is 4.74 Å². The van der Waals surface area contributed by atoms with E-state index in [9.17, 15) is 9.59 Å². The number of esters is 1. The molecular formula is C20H20N2O3. The number of hydrazone groups is 1. The predicted octanol–water partition coefficient (Wildman–Crippen LogP) is 3.51.